The molecule has 10 nitrogen and oxygen atoms in total. The number of hydrogen-bond acceptors (Lipinski definition) is 9. The zero-order valence-corrected chi connectivity index (χ0v) is 17.9. The van der Waals surface area contributed by atoms with Crippen LogP contribution in [-0.4, -0.2) is 71.0 Å². The number of rotatable bonds is 6. The Labute approximate surface area is 190 Å². The fourth-order valence-electron chi connectivity index (χ4n) is 3.39. The van der Waals surface area contributed by atoms with Gasteiger partial charge in [0.2, 0.25) is 5.91 Å². The normalized spacial score (nSPS) is 27.5. The van der Waals surface area contributed by atoms with E-state index in [4.69, 9.17) is 9.47 Å². The highest BCUT2D eigenvalue weighted by Gasteiger charge is 2.48. The zero-order valence-electron chi connectivity index (χ0n) is 17.9. The summed E-state index contributed by atoms with van der Waals surface area (Å²) < 4.78 is 11.0. The van der Waals surface area contributed by atoms with Gasteiger partial charge in [0.05, 0.1) is 12.3 Å². The quantitative estimate of drug-likeness (QED) is 0.162. The van der Waals surface area contributed by atoms with Crippen molar-refractivity contribution < 1.29 is 39.2 Å². The second kappa shape index (κ2) is 11.4. The minimum absolute atomic E-state index is 0.0396. The molecule has 2 aliphatic rings. The number of amides is 1. The number of allylic oxidation sites excluding steroid dienone is 1. The van der Waals surface area contributed by atoms with Gasteiger partial charge < -0.3 is 34.9 Å². The van der Waals surface area contributed by atoms with Gasteiger partial charge in [-0.3, -0.25) is 4.79 Å². The molecule has 1 aromatic rings. The number of phenols is 1. The number of benzene rings is 1. The van der Waals surface area contributed by atoms with E-state index in [0.717, 1.165) is 0 Å². The van der Waals surface area contributed by atoms with Crippen LogP contribution in [0.4, 0.5) is 0 Å². The second-order valence-corrected chi connectivity index (χ2v) is 7.43. The summed E-state index contributed by atoms with van der Waals surface area (Å²) in [6, 6.07) is 4.55. The number of aromatic hydroxyl groups is 1. The van der Waals surface area contributed by atoms with E-state index < -0.39 is 42.4 Å². The number of carbonyl (C=O) groups is 2. The van der Waals surface area contributed by atoms with Gasteiger partial charge in [-0.2, -0.15) is 0 Å². The van der Waals surface area contributed by atoms with Crippen LogP contribution in [0.2, 0.25) is 0 Å². The van der Waals surface area contributed by atoms with Gasteiger partial charge in [-0.25, -0.2) is 4.79 Å². The van der Waals surface area contributed by atoms with Gasteiger partial charge in [-0.1, -0.05) is 35.5 Å². The van der Waals surface area contributed by atoms with Crippen LogP contribution in [0.1, 0.15) is 28.8 Å². The fraction of sp³-hybridized carbons (Fsp3) is 0.348. The van der Waals surface area contributed by atoms with Crippen molar-refractivity contribution in [3.8, 4) is 5.75 Å². The molecule has 2 heterocycles. The fourth-order valence-corrected chi connectivity index (χ4v) is 3.39. The molecule has 4 N–H and O–H groups in total. The lowest BCUT2D eigenvalue weighted by molar-refractivity contribution is -0.115. The SMILES string of the molecule is CON=C/C=C\C(=O)NC=CC[C@H]1C[C@@H](O)[C@H]2O[C@H]2[C@@H](O)C=Cc2cccc(O)c2C(=O)O1. The number of aliphatic hydroxyl groups is 2. The maximum absolute atomic E-state index is 12.8. The number of fused-ring (bicyclic) bond motifs is 2. The molecule has 176 valence electrons. The van der Waals surface area contributed by atoms with Crippen molar-refractivity contribution in [2.24, 2.45) is 5.16 Å². The van der Waals surface area contributed by atoms with Crippen LogP contribution >= 0.6 is 0 Å². The van der Waals surface area contributed by atoms with Crippen molar-refractivity contribution in [2.45, 2.75) is 43.4 Å². The number of ether oxygens (including phenoxy) is 2. The third kappa shape index (κ3) is 6.75. The average Bonchev–Trinajstić information content (AvgIpc) is 3.58. The van der Waals surface area contributed by atoms with Crippen LogP contribution in [0.5, 0.6) is 5.75 Å². The molecular weight excluding hydrogens is 432 g/mol. The summed E-state index contributed by atoms with van der Waals surface area (Å²) in [4.78, 5) is 29.0. The molecule has 1 fully saturated rings. The predicted molar refractivity (Wildman–Crippen MR) is 118 cm³/mol. The molecule has 2 aliphatic heterocycles. The first kappa shape index (κ1) is 24.2. The predicted octanol–water partition coefficient (Wildman–Crippen LogP) is 1.03. The van der Waals surface area contributed by atoms with Gasteiger partial charge in [0, 0.05) is 25.1 Å². The molecule has 0 bridgehead atoms. The summed E-state index contributed by atoms with van der Waals surface area (Å²) in [5.41, 5.74) is 0.331. The van der Waals surface area contributed by atoms with Crippen LogP contribution < -0.4 is 5.32 Å². The molecule has 5 atom stereocenters. The maximum Gasteiger partial charge on any atom is 0.342 e. The Balaban J connectivity index is 1.72. The smallest absolute Gasteiger partial charge is 0.342 e. The maximum atomic E-state index is 12.8. The summed E-state index contributed by atoms with van der Waals surface area (Å²) in [6.45, 7) is 0. The molecule has 0 aliphatic carbocycles. The summed E-state index contributed by atoms with van der Waals surface area (Å²) in [7, 11) is 1.38. The lowest BCUT2D eigenvalue weighted by atomic mass is 10.00. The number of epoxide rings is 1. The van der Waals surface area contributed by atoms with Crippen LogP contribution in [0.3, 0.4) is 0 Å². The highest BCUT2D eigenvalue weighted by Crippen LogP contribution is 2.33. The van der Waals surface area contributed by atoms with E-state index in [1.165, 1.54) is 49.9 Å². The van der Waals surface area contributed by atoms with Crippen LogP contribution in [0, 0.1) is 0 Å². The summed E-state index contributed by atoms with van der Waals surface area (Å²) in [5.74, 6) is -1.44. The van der Waals surface area contributed by atoms with E-state index in [-0.39, 0.29) is 24.2 Å². The van der Waals surface area contributed by atoms with Crippen molar-refractivity contribution in [1.29, 1.82) is 0 Å². The molecule has 0 aromatic heterocycles. The molecule has 10 heteroatoms. The Morgan fingerprint density at radius 1 is 1.33 bits per heavy atom. The molecular formula is C23H26N2O8. The number of carbonyl (C=O) groups excluding carboxylic acids is 2. The van der Waals surface area contributed by atoms with Gasteiger partial charge in [-0.15, -0.1) is 0 Å². The first-order valence-corrected chi connectivity index (χ1v) is 10.3. The number of oxime groups is 1. The van der Waals surface area contributed by atoms with E-state index in [9.17, 15) is 24.9 Å². The van der Waals surface area contributed by atoms with E-state index in [1.807, 2.05) is 0 Å². The summed E-state index contributed by atoms with van der Waals surface area (Å²) in [6.07, 6.45) is 6.20. The minimum atomic E-state index is -0.981. The van der Waals surface area contributed by atoms with E-state index in [1.54, 1.807) is 18.2 Å². The number of esters is 1. The molecule has 33 heavy (non-hydrogen) atoms. The molecule has 0 saturated carbocycles. The summed E-state index contributed by atoms with van der Waals surface area (Å²) >= 11 is 0. The van der Waals surface area contributed by atoms with Crippen molar-refractivity contribution in [3.05, 3.63) is 59.8 Å². The topological polar surface area (TPSA) is 150 Å². The van der Waals surface area contributed by atoms with Gasteiger partial charge in [0.15, 0.2) is 0 Å². The lowest BCUT2D eigenvalue weighted by Crippen LogP contribution is -2.30. The number of nitrogens with zero attached hydrogens (tertiary/aromatic N) is 1. The van der Waals surface area contributed by atoms with Crippen molar-refractivity contribution in [2.75, 3.05) is 7.11 Å². The third-order valence-electron chi connectivity index (χ3n) is 5.05. The molecule has 0 spiro atoms. The van der Waals surface area contributed by atoms with Crippen LogP contribution in [0.15, 0.2) is 53.9 Å². The van der Waals surface area contributed by atoms with Gasteiger partial charge in [0.1, 0.15) is 42.8 Å². The number of nitrogens with one attached hydrogen (secondary N) is 1. The Morgan fingerprint density at radius 2 is 2.15 bits per heavy atom. The number of phenolic OH excluding ortho intramolecular Hbond substituents is 1. The molecule has 1 saturated heterocycles. The lowest BCUT2D eigenvalue weighted by Gasteiger charge is -2.20. The number of aliphatic hydroxyl groups excluding tert-OH is 2. The Kier molecular flexibility index (Phi) is 8.36. The molecule has 0 radical (unpaired) electrons. The Hall–Kier alpha value is -3.47. The minimum Gasteiger partial charge on any atom is -0.507 e. The van der Waals surface area contributed by atoms with E-state index >= 15 is 0 Å². The van der Waals surface area contributed by atoms with Crippen molar-refractivity contribution in [3.63, 3.8) is 0 Å². The third-order valence-corrected chi connectivity index (χ3v) is 5.05. The number of cyclic esters (lactones) is 1. The highest BCUT2D eigenvalue weighted by atomic mass is 16.6. The van der Waals surface area contributed by atoms with Crippen molar-refractivity contribution in [1.82, 2.24) is 5.32 Å². The second-order valence-electron chi connectivity index (χ2n) is 7.43. The first-order chi connectivity index (χ1) is 15.9. The molecule has 0 unspecified atom stereocenters. The first-order valence-electron chi connectivity index (χ1n) is 10.3. The van der Waals surface area contributed by atoms with Crippen LogP contribution in [0.25, 0.3) is 6.08 Å². The summed E-state index contributed by atoms with van der Waals surface area (Å²) in [5, 5.41) is 37.0. The number of hydrogen-bond donors (Lipinski definition) is 4. The molecule has 1 amide bonds. The zero-order chi connectivity index (χ0) is 23.8. The highest BCUT2D eigenvalue weighted by molar-refractivity contribution is 5.96. The largest absolute Gasteiger partial charge is 0.507 e. The van der Waals surface area contributed by atoms with Gasteiger partial charge >= 0.3 is 5.97 Å². The van der Waals surface area contributed by atoms with Gasteiger partial charge in [-0.05, 0) is 17.7 Å². The Bertz CT molecular complexity index is 971. The Morgan fingerprint density at radius 3 is 2.94 bits per heavy atom. The van der Waals surface area contributed by atoms with Gasteiger partial charge in [0.25, 0.3) is 0 Å². The standard InChI is InChI=1S/C23H26N2O8/c1-31-25-12-4-8-19(29)24-11-3-6-15-13-18(28)22-21(33-22)17(27)10-9-14-5-2-7-16(26)20(14)23(30)32-15/h2-5,7-12,15,17-18,21-22,26-28H,6,13H2,1H3,(H,24,29)/b8-4-,10-9?,11-3?,25-12?/t15-,17-,18+,21-,22+/m0/s1. The van der Waals surface area contributed by atoms with E-state index in [0.29, 0.717) is 5.56 Å². The van der Waals surface area contributed by atoms with Crippen molar-refractivity contribution >= 4 is 24.2 Å². The average molecular weight is 458 g/mol. The monoisotopic (exact) mass is 458 g/mol. The molecule has 3 rings (SSSR count). The molecule has 1 aromatic carbocycles. The van der Waals surface area contributed by atoms with Crippen LogP contribution in [-0.2, 0) is 19.1 Å². The van der Waals surface area contributed by atoms with E-state index in [2.05, 4.69) is 15.3 Å².